The molecular weight excluding hydrogens is 398 g/mol. The number of hydrogen-bond acceptors (Lipinski definition) is 4. The molecule has 0 saturated heterocycles. The summed E-state index contributed by atoms with van der Waals surface area (Å²) in [7, 11) is -3.27. The van der Waals surface area contributed by atoms with Crippen LogP contribution in [0.1, 0.15) is 48.3 Å². The van der Waals surface area contributed by atoms with Crippen molar-refractivity contribution in [3.05, 3.63) is 65.0 Å². The largest absolute Gasteiger partial charge is 0.348 e. The van der Waals surface area contributed by atoms with Crippen LogP contribution in [0.4, 0.5) is 0 Å². The van der Waals surface area contributed by atoms with Gasteiger partial charge in [0.15, 0.2) is 9.84 Å². The number of amides is 1. The highest BCUT2D eigenvalue weighted by atomic mass is 32.2. The van der Waals surface area contributed by atoms with E-state index < -0.39 is 9.84 Å². The quantitative estimate of drug-likeness (QED) is 0.657. The maximum Gasteiger partial charge on any atom is 0.240 e. The zero-order valence-corrected chi connectivity index (χ0v) is 18.2. The number of carbonyl (C=O) groups is 1. The van der Waals surface area contributed by atoms with Crippen molar-refractivity contribution in [1.82, 2.24) is 14.9 Å². The first-order chi connectivity index (χ1) is 14.3. The first-order valence-electron chi connectivity index (χ1n) is 10.3. The van der Waals surface area contributed by atoms with Crippen molar-refractivity contribution >= 4 is 26.8 Å². The molecule has 30 heavy (non-hydrogen) atoms. The van der Waals surface area contributed by atoms with Crippen molar-refractivity contribution in [2.24, 2.45) is 0 Å². The molecule has 1 atom stereocenters. The van der Waals surface area contributed by atoms with Crippen LogP contribution in [0.2, 0.25) is 0 Å². The number of hydrogen-bond donors (Lipinski definition) is 1. The summed E-state index contributed by atoms with van der Waals surface area (Å²) in [6, 6.07) is 13.7. The molecule has 1 N–H and O–H groups in total. The van der Waals surface area contributed by atoms with Gasteiger partial charge in [-0.25, -0.2) is 13.4 Å². The van der Waals surface area contributed by atoms with Crippen LogP contribution < -0.4 is 5.32 Å². The monoisotopic (exact) mass is 425 g/mol. The minimum absolute atomic E-state index is 0.0284. The third-order valence-electron chi connectivity index (χ3n) is 5.68. The van der Waals surface area contributed by atoms with Crippen molar-refractivity contribution in [3.8, 4) is 0 Å². The zero-order chi connectivity index (χ0) is 21.3. The number of sulfone groups is 1. The van der Waals surface area contributed by atoms with Gasteiger partial charge in [-0.2, -0.15) is 0 Å². The van der Waals surface area contributed by atoms with Crippen LogP contribution in [0, 0.1) is 0 Å². The van der Waals surface area contributed by atoms with Gasteiger partial charge in [-0.15, -0.1) is 0 Å². The average molecular weight is 426 g/mol. The lowest BCUT2D eigenvalue weighted by Crippen LogP contribution is -2.31. The van der Waals surface area contributed by atoms with Crippen LogP contribution >= 0.6 is 0 Å². The van der Waals surface area contributed by atoms with E-state index in [0.29, 0.717) is 11.3 Å². The number of aryl methyl sites for hydroxylation is 2. The maximum absolute atomic E-state index is 12.8. The highest BCUT2D eigenvalue weighted by Gasteiger charge is 2.19. The molecule has 158 valence electrons. The zero-order valence-electron chi connectivity index (χ0n) is 17.4. The van der Waals surface area contributed by atoms with Gasteiger partial charge >= 0.3 is 0 Å². The van der Waals surface area contributed by atoms with Gasteiger partial charge in [-0.05, 0) is 61.4 Å². The van der Waals surface area contributed by atoms with E-state index in [-0.39, 0.29) is 24.2 Å². The summed E-state index contributed by atoms with van der Waals surface area (Å²) >= 11 is 0. The number of nitrogens with zero attached hydrogens (tertiary/aromatic N) is 2. The van der Waals surface area contributed by atoms with E-state index >= 15 is 0 Å². The Morgan fingerprint density at radius 2 is 1.87 bits per heavy atom. The Hall–Kier alpha value is -2.67. The summed E-state index contributed by atoms with van der Waals surface area (Å²) < 4.78 is 25.4. The Bertz CT molecular complexity index is 1200. The molecule has 2 aromatic carbocycles. The molecule has 0 radical (unpaired) electrons. The fourth-order valence-electron chi connectivity index (χ4n) is 4.18. The fourth-order valence-corrected chi connectivity index (χ4v) is 4.87. The van der Waals surface area contributed by atoms with Gasteiger partial charge in [-0.1, -0.05) is 30.3 Å². The lowest BCUT2D eigenvalue weighted by Gasteiger charge is -2.20. The van der Waals surface area contributed by atoms with Crippen LogP contribution in [0.25, 0.3) is 11.0 Å². The summed E-state index contributed by atoms with van der Waals surface area (Å²) in [5.41, 5.74) is 5.34. The van der Waals surface area contributed by atoms with E-state index in [4.69, 9.17) is 0 Å². The molecule has 1 aromatic heterocycles. The SMILES string of the molecule is CC(NC(=O)Cn1c(CS(C)(=O)=O)nc2ccccc21)c1ccc2c(c1)CCCC2. The fraction of sp³-hybridized carbons (Fsp3) is 0.391. The van der Waals surface area contributed by atoms with Crippen LogP contribution in [-0.4, -0.2) is 30.1 Å². The summed E-state index contributed by atoms with van der Waals surface area (Å²) in [5, 5.41) is 3.06. The van der Waals surface area contributed by atoms with Crippen molar-refractivity contribution in [1.29, 1.82) is 0 Å². The second-order valence-corrected chi connectivity index (χ2v) is 10.3. The van der Waals surface area contributed by atoms with E-state index in [9.17, 15) is 13.2 Å². The Kier molecular flexibility index (Phi) is 5.64. The van der Waals surface area contributed by atoms with Crippen molar-refractivity contribution in [3.63, 3.8) is 0 Å². The Morgan fingerprint density at radius 1 is 1.13 bits per heavy atom. The number of benzene rings is 2. The van der Waals surface area contributed by atoms with Gasteiger partial charge in [0, 0.05) is 6.26 Å². The predicted octanol–water partition coefficient (Wildman–Crippen LogP) is 3.34. The molecule has 3 aromatic rings. The molecule has 4 rings (SSSR count). The second kappa shape index (κ2) is 8.22. The van der Waals surface area contributed by atoms with Gasteiger partial charge in [0.2, 0.25) is 5.91 Å². The van der Waals surface area contributed by atoms with Crippen LogP contribution in [-0.2, 0) is 39.8 Å². The van der Waals surface area contributed by atoms with Gasteiger partial charge in [-0.3, -0.25) is 4.79 Å². The average Bonchev–Trinajstić information content (AvgIpc) is 3.02. The molecule has 1 aliphatic carbocycles. The van der Waals surface area contributed by atoms with Crippen LogP contribution in [0.3, 0.4) is 0 Å². The third-order valence-corrected chi connectivity index (χ3v) is 6.46. The van der Waals surface area contributed by atoms with Crippen LogP contribution in [0.5, 0.6) is 0 Å². The first-order valence-corrected chi connectivity index (χ1v) is 12.4. The molecule has 1 aliphatic rings. The first kappa shape index (κ1) is 20.6. The van der Waals surface area contributed by atoms with E-state index in [1.165, 1.54) is 30.2 Å². The number of para-hydroxylation sites is 2. The molecule has 1 amide bonds. The van der Waals surface area contributed by atoms with Crippen LogP contribution in [0.15, 0.2) is 42.5 Å². The number of rotatable bonds is 6. The van der Waals surface area contributed by atoms with E-state index in [1.807, 2.05) is 31.2 Å². The number of nitrogens with one attached hydrogen (secondary N) is 1. The third kappa shape index (κ3) is 4.56. The van der Waals surface area contributed by atoms with Gasteiger partial charge in [0.05, 0.1) is 17.1 Å². The van der Waals surface area contributed by atoms with Crippen molar-refractivity contribution in [2.45, 2.75) is 50.9 Å². The predicted molar refractivity (Wildman–Crippen MR) is 118 cm³/mol. The number of carbonyl (C=O) groups excluding carboxylic acids is 1. The maximum atomic E-state index is 12.8. The van der Waals surface area contributed by atoms with Gasteiger partial charge < -0.3 is 9.88 Å². The lowest BCUT2D eigenvalue weighted by molar-refractivity contribution is -0.122. The Balaban J connectivity index is 1.54. The topological polar surface area (TPSA) is 81.1 Å². The molecule has 0 spiro atoms. The molecule has 1 heterocycles. The minimum Gasteiger partial charge on any atom is -0.348 e. The molecule has 0 aliphatic heterocycles. The molecule has 0 fully saturated rings. The smallest absolute Gasteiger partial charge is 0.240 e. The standard InChI is InChI=1S/C23H27N3O3S/c1-16(18-12-11-17-7-3-4-8-19(17)13-18)24-23(27)14-26-21-10-6-5-9-20(21)25-22(26)15-30(2,28)29/h5-6,9-13,16H,3-4,7-8,14-15H2,1-2H3,(H,24,27). The Morgan fingerprint density at radius 3 is 2.63 bits per heavy atom. The molecule has 7 heteroatoms. The summed E-state index contributed by atoms with van der Waals surface area (Å²) in [5.74, 6) is 0.0170. The number of aromatic nitrogens is 2. The van der Waals surface area contributed by atoms with E-state index in [1.54, 1.807) is 4.57 Å². The van der Waals surface area contributed by atoms with E-state index in [0.717, 1.165) is 23.9 Å². The minimum atomic E-state index is -3.27. The molecule has 6 nitrogen and oxygen atoms in total. The van der Waals surface area contributed by atoms with Crippen molar-refractivity contribution < 1.29 is 13.2 Å². The normalized spacial score (nSPS) is 15.0. The molecule has 0 saturated carbocycles. The summed E-state index contributed by atoms with van der Waals surface area (Å²) in [6.45, 7) is 2.01. The summed E-state index contributed by atoms with van der Waals surface area (Å²) in [6.07, 6.45) is 5.86. The van der Waals surface area contributed by atoms with E-state index in [2.05, 4.69) is 28.5 Å². The second-order valence-electron chi connectivity index (χ2n) is 8.20. The molecular formula is C23H27N3O3S. The highest BCUT2D eigenvalue weighted by Crippen LogP contribution is 2.25. The Labute approximate surface area is 177 Å². The van der Waals surface area contributed by atoms with Gasteiger partial charge in [0.1, 0.15) is 18.1 Å². The molecule has 0 bridgehead atoms. The van der Waals surface area contributed by atoms with Gasteiger partial charge in [0.25, 0.3) is 0 Å². The number of imidazole rings is 1. The molecule has 1 unspecified atom stereocenters. The van der Waals surface area contributed by atoms with Crippen molar-refractivity contribution in [2.75, 3.05) is 6.26 Å². The summed E-state index contributed by atoms with van der Waals surface area (Å²) in [4.78, 5) is 17.3. The number of fused-ring (bicyclic) bond motifs is 2. The highest BCUT2D eigenvalue weighted by molar-refractivity contribution is 7.89. The lowest BCUT2D eigenvalue weighted by atomic mass is 9.89.